The number of pyridine rings is 1. The number of fused-ring (bicyclic) bond motifs is 1. The zero-order chi connectivity index (χ0) is 14.9. The third kappa shape index (κ3) is 2.91. The van der Waals surface area contributed by atoms with Gasteiger partial charge in [-0.15, -0.1) is 11.3 Å². The Balaban J connectivity index is 2.33. The highest BCUT2D eigenvalue weighted by Gasteiger charge is 2.18. The lowest BCUT2D eigenvalue weighted by molar-refractivity contribution is 0.0959. The zero-order valence-electron chi connectivity index (χ0n) is 12.1. The molecule has 3 N–H and O–H groups in total. The molecule has 0 aromatic carbocycles. The van der Waals surface area contributed by atoms with Gasteiger partial charge in [-0.2, -0.15) is 11.8 Å². The van der Waals surface area contributed by atoms with Crippen molar-refractivity contribution in [1.82, 2.24) is 10.3 Å². The van der Waals surface area contributed by atoms with Crippen molar-refractivity contribution in [3.05, 3.63) is 22.3 Å². The van der Waals surface area contributed by atoms with E-state index in [2.05, 4.69) is 17.2 Å². The molecule has 0 saturated heterocycles. The van der Waals surface area contributed by atoms with Crippen molar-refractivity contribution in [1.29, 1.82) is 0 Å². The van der Waals surface area contributed by atoms with Crippen molar-refractivity contribution in [2.24, 2.45) is 0 Å². The van der Waals surface area contributed by atoms with Crippen LogP contribution in [0.15, 0.2) is 6.07 Å². The van der Waals surface area contributed by atoms with Crippen LogP contribution in [0.4, 0.5) is 5.69 Å². The van der Waals surface area contributed by atoms with Gasteiger partial charge in [-0.25, -0.2) is 0 Å². The molecular weight excluding hydrogens is 290 g/mol. The van der Waals surface area contributed by atoms with Crippen LogP contribution in [0, 0.1) is 13.8 Å². The van der Waals surface area contributed by atoms with Gasteiger partial charge in [0.05, 0.1) is 5.69 Å². The number of thiophene rings is 1. The van der Waals surface area contributed by atoms with E-state index in [0.717, 1.165) is 21.5 Å². The molecule has 2 aromatic rings. The predicted molar refractivity (Wildman–Crippen MR) is 88.8 cm³/mol. The van der Waals surface area contributed by atoms with Gasteiger partial charge in [0.15, 0.2) is 0 Å². The predicted octanol–water partition coefficient (Wildman–Crippen LogP) is 2.98. The Morgan fingerprint density at radius 2 is 2.25 bits per heavy atom. The van der Waals surface area contributed by atoms with Crippen molar-refractivity contribution in [2.45, 2.75) is 26.0 Å². The molecule has 0 fully saturated rings. The fourth-order valence-corrected chi connectivity index (χ4v) is 3.48. The second-order valence-electron chi connectivity index (χ2n) is 4.82. The summed E-state index contributed by atoms with van der Waals surface area (Å²) >= 11 is 3.16. The lowest BCUT2D eigenvalue weighted by atomic mass is 10.2. The lowest BCUT2D eigenvalue weighted by Gasteiger charge is -2.09. The molecule has 0 saturated carbocycles. The maximum absolute atomic E-state index is 12.2. The number of nitrogens with zero attached hydrogens (tertiary/aromatic N) is 1. The van der Waals surface area contributed by atoms with Crippen molar-refractivity contribution >= 4 is 44.8 Å². The number of amides is 1. The Morgan fingerprint density at radius 3 is 2.90 bits per heavy atom. The van der Waals surface area contributed by atoms with Crippen LogP contribution < -0.4 is 11.1 Å². The molecule has 1 unspecified atom stereocenters. The van der Waals surface area contributed by atoms with Gasteiger partial charge in [-0.1, -0.05) is 6.92 Å². The molecule has 0 aliphatic rings. The van der Waals surface area contributed by atoms with E-state index >= 15 is 0 Å². The van der Waals surface area contributed by atoms with E-state index in [4.69, 9.17) is 5.73 Å². The zero-order valence-corrected chi connectivity index (χ0v) is 13.7. The summed E-state index contributed by atoms with van der Waals surface area (Å²) < 4.78 is 1.02. The quantitative estimate of drug-likeness (QED) is 0.911. The molecule has 108 valence electrons. The largest absolute Gasteiger partial charge is 0.397 e. The fourth-order valence-electron chi connectivity index (χ4n) is 2.05. The average Bonchev–Trinajstić information content (AvgIpc) is 2.72. The maximum atomic E-state index is 12.2. The second kappa shape index (κ2) is 6.01. The van der Waals surface area contributed by atoms with E-state index in [0.29, 0.717) is 22.4 Å². The molecular formula is C14H19N3OS2. The van der Waals surface area contributed by atoms with Crippen molar-refractivity contribution in [3.63, 3.8) is 0 Å². The second-order valence-corrected chi connectivity index (χ2v) is 7.15. The summed E-state index contributed by atoms with van der Waals surface area (Å²) in [6.07, 6.45) is 2.03. The molecule has 20 heavy (non-hydrogen) atoms. The normalized spacial score (nSPS) is 12.6. The van der Waals surface area contributed by atoms with Gasteiger partial charge in [0.2, 0.25) is 0 Å². The molecule has 1 atom stereocenters. The van der Waals surface area contributed by atoms with E-state index in [-0.39, 0.29) is 5.91 Å². The van der Waals surface area contributed by atoms with Gasteiger partial charge >= 0.3 is 0 Å². The first-order valence-corrected chi connectivity index (χ1v) is 8.51. The fraction of sp³-hybridized carbons (Fsp3) is 0.429. The Labute approximate surface area is 127 Å². The van der Waals surface area contributed by atoms with Gasteiger partial charge in [-0.3, -0.25) is 9.78 Å². The lowest BCUT2D eigenvalue weighted by Crippen LogP contribution is -2.29. The number of hydrogen-bond acceptors (Lipinski definition) is 5. The molecule has 0 aliphatic carbocycles. The average molecular weight is 309 g/mol. The van der Waals surface area contributed by atoms with Crippen LogP contribution in [0.5, 0.6) is 0 Å². The summed E-state index contributed by atoms with van der Waals surface area (Å²) in [5.74, 6) is -0.0957. The number of rotatable bonds is 4. The summed E-state index contributed by atoms with van der Waals surface area (Å²) in [4.78, 5) is 17.2. The molecule has 0 spiro atoms. The molecule has 2 aromatic heterocycles. The van der Waals surface area contributed by atoms with Crippen LogP contribution in [0.2, 0.25) is 0 Å². The van der Waals surface area contributed by atoms with Crippen molar-refractivity contribution in [2.75, 3.05) is 18.5 Å². The number of hydrogen-bond donors (Lipinski definition) is 2. The molecule has 2 heterocycles. The van der Waals surface area contributed by atoms with Crippen LogP contribution in [-0.4, -0.2) is 28.9 Å². The number of thioether (sulfide) groups is 1. The van der Waals surface area contributed by atoms with Crippen LogP contribution in [-0.2, 0) is 0 Å². The van der Waals surface area contributed by atoms with E-state index in [1.807, 2.05) is 26.2 Å². The SMILES string of the molecule is CSC(C)CNC(=O)c1sc2cc(C)nc(C)c2c1N. The van der Waals surface area contributed by atoms with Crippen molar-refractivity contribution in [3.8, 4) is 0 Å². The Kier molecular flexibility index (Phi) is 4.55. The molecule has 4 nitrogen and oxygen atoms in total. The number of aryl methyl sites for hydroxylation is 2. The molecule has 0 bridgehead atoms. The van der Waals surface area contributed by atoms with Gasteiger partial charge in [0.25, 0.3) is 5.91 Å². The Morgan fingerprint density at radius 1 is 1.55 bits per heavy atom. The van der Waals surface area contributed by atoms with Crippen LogP contribution >= 0.6 is 23.1 Å². The number of carbonyl (C=O) groups is 1. The van der Waals surface area contributed by atoms with E-state index < -0.39 is 0 Å². The topological polar surface area (TPSA) is 68.0 Å². The van der Waals surface area contributed by atoms with Gasteiger partial charge in [0.1, 0.15) is 4.88 Å². The number of aromatic nitrogens is 1. The minimum Gasteiger partial charge on any atom is -0.397 e. The molecule has 1 amide bonds. The van der Waals surface area contributed by atoms with Gasteiger partial charge in [0, 0.05) is 33.3 Å². The minimum atomic E-state index is -0.0957. The van der Waals surface area contributed by atoms with Gasteiger partial charge in [-0.05, 0) is 26.2 Å². The maximum Gasteiger partial charge on any atom is 0.263 e. The molecule has 6 heteroatoms. The van der Waals surface area contributed by atoms with E-state index in [1.54, 1.807) is 11.8 Å². The summed E-state index contributed by atoms with van der Waals surface area (Å²) in [6, 6.07) is 1.98. The molecule has 2 rings (SSSR count). The standard InChI is InChI=1S/C14H19N3OS2/c1-7-5-10-11(9(3)17-7)12(15)13(20-10)14(18)16-6-8(2)19-4/h5,8H,6,15H2,1-4H3,(H,16,18). The number of nitrogen functional groups attached to an aromatic ring is 1. The molecule has 0 radical (unpaired) electrons. The smallest absolute Gasteiger partial charge is 0.263 e. The van der Waals surface area contributed by atoms with Crippen LogP contribution in [0.3, 0.4) is 0 Å². The van der Waals surface area contributed by atoms with Crippen LogP contribution in [0.1, 0.15) is 28.0 Å². The first-order valence-electron chi connectivity index (χ1n) is 6.41. The number of carbonyl (C=O) groups excluding carboxylic acids is 1. The highest BCUT2D eigenvalue weighted by Crippen LogP contribution is 2.35. The van der Waals surface area contributed by atoms with E-state index in [9.17, 15) is 4.79 Å². The Bertz CT molecular complexity index is 651. The van der Waals surface area contributed by atoms with Crippen LogP contribution in [0.25, 0.3) is 10.1 Å². The Hall–Kier alpha value is -1.27. The highest BCUT2D eigenvalue weighted by molar-refractivity contribution is 7.99. The number of nitrogens with two attached hydrogens (primary N) is 1. The minimum absolute atomic E-state index is 0.0957. The highest BCUT2D eigenvalue weighted by atomic mass is 32.2. The first-order chi connectivity index (χ1) is 9.43. The van der Waals surface area contributed by atoms with Crippen molar-refractivity contribution < 1.29 is 4.79 Å². The number of anilines is 1. The third-order valence-electron chi connectivity index (χ3n) is 3.18. The van der Waals surface area contributed by atoms with E-state index in [1.165, 1.54) is 11.3 Å². The molecule has 0 aliphatic heterocycles. The first kappa shape index (κ1) is 15.1. The summed E-state index contributed by atoms with van der Waals surface area (Å²) in [5.41, 5.74) is 8.50. The number of nitrogens with one attached hydrogen (secondary N) is 1. The van der Waals surface area contributed by atoms with Gasteiger partial charge < -0.3 is 11.1 Å². The summed E-state index contributed by atoms with van der Waals surface area (Å²) in [7, 11) is 0. The summed E-state index contributed by atoms with van der Waals surface area (Å²) in [6.45, 7) is 6.60. The monoisotopic (exact) mass is 309 g/mol. The summed E-state index contributed by atoms with van der Waals surface area (Å²) in [5, 5.41) is 4.23. The third-order valence-corrected chi connectivity index (χ3v) is 5.30.